The van der Waals surface area contributed by atoms with Crippen LogP contribution in [0, 0.1) is 6.92 Å². The van der Waals surface area contributed by atoms with Crippen molar-refractivity contribution in [3.63, 3.8) is 0 Å². The smallest absolute Gasteiger partial charge is 0.225 e. The van der Waals surface area contributed by atoms with E-state index in [-0.39, 0.29) is 11.5 Å². The van der Waals surface area contributed by atoms with Crippen molar-refractivity contribution in [1.29, 1.82) is 0 Å². The zero-order chi connectivity index (χ0) is 14.2. The maximum Gasteiger partial charge on any atom is 0.225 e. The SMILES string of the molecule is Cc1nc(N2CCS(=O)(=O)CC2)ncc1CNC1CC1. The lowest BCUT2D eigenvalue weighted by Gasteiger charge is -2.27. The van der Waals surface area contributed by atoms with Crippen molar-refractivity contribution in [2.75, 3.05) is 29.5 Å². The largest absolute Gasteiger partial charge is 0.339 e. The summed E-state index contributed by atoms with van der Waals surface area (Å²) in [6.45, 7) is 3.77. The van der Waals surface area contributed by atoms with Gasteiger partial charge in [-0.25, -0.2) is 18.4 Å². The number of anilines is 1. The minimum absolute atomic E-state index is 0.195. The third kappa shape index (κ3) is 3.27. The first-order chi connectivity index (χ1) is 9.53. The van der Waals surface area contributed by atoms with Crippen LogP contribution >= 0.6 is 0 Å². The second-order valence-corrected chi connectivity index (χ2v) is 7.88. The molecule has 3 rings (SSSR count). The summed E-state index contributed by atoms with van der Waals surface area (Å²) in [4.78, 5) is 10.9. The molecule has 1 saturated heterocycles. The van der Waals surface area contributed by atoms with E-state index in [1.165, 1.54) is 12.8 Å². The molecule has 0 spiro atoms. The van der Waals surface area contributed by atoms with Gasteiger partial charge in [-0.05, 0) is 19.8 Å². The fraction of sp³-hybridized carbons (Fsp3) is 0.692. The average molecular weight is 296 g/mol. The van der Waals surface area contributed by atoms with E-state index in [9.17, 15) is 8.42 Å². The molecule has 1 aromatic rings. The Morgan fingerprint density at radius 3 is 2.65 bits per heavy atom. The van der Waals surface area contributed by atoms with Crippen LogP contribution in [0.25, 0.3) is 0 Å². The summed E-state index contributed by atoms with van der Waals surface area (Å²) in [5.41, 5.74) is 2.09. The first-order valence-electron chi connectivity index (χ1n) is 7.05. The Labute approximate surface area is 119 Å². The van der Waals surface area contributed by atoms with Gasteiger partial charge in [-0.3, -0.25) is 0 Å². The molecule has 110 valence electrons. The van der Waals surface area contributed by atoms with Gasteiger partial charge in [-0.1, -0.05) is 0 Å². The van der Waals surface area contributed by atoms with Crippen molar-refractivity contribution < 1.29 is 8.42 Å². The van der Waals surface area contributed by atoms with Crippen molar-refractivity contribution in [2.45, 2.75) is 32.4 Å². The number of aryl methyl sites for hydroxylation is 1. The number of nitrogens with zero attached hydrogens (tertiary/aromatic N) is 3. The van der Waals surface area contributed by atoms with Gasteiger partial charge in [0.1, 0.15) is 0 Å². The van der Waals surface area contributed by atoms with Gasteiger partial charge in [-0.2, -0.15) is 0 Å². The van der Waals surface area contributed by atoms with Crippen molar-refractivity contribution >= 4 is 15.8 Å². The Morgan fingerprint density at radius 1 is 1.35 bits per heavy atom. The number of sulfone groups is 1. The van der Waals surface area contributed by atoms with Crippen LogP contribution in [-0.2, 0) is 16.4 Å². The quantitative estimate of drug-likeness (QED) is 0.860. The zero-order valence-electron chi connectivity index (χ0n) is 11.7. The van der Waals surface area contributed by atoms with Crippen LogP contribution in [0.1, 0.15) is 24.1 Å². The maximum atomic E-state index is 11.4. The minimum Gasteiger partial charge on any atom is -0.339 e. The molecule has 0 atom stereocenters. The summed E-state index contributed by atoms with van der Waals surface area (Å²) in [6.07, 6.45) is 4.39. The maximum absolute atomic E-state index is 11.4. The molecule has 2 heterocycles. The van der Waals surface area contributed by atoms with Crippen molar-refractivity contribution in [3.8, 4) is 0 Å². The second-order valence-electron chi connectivity index (χ2n) is 5.57. The van der Waals surface area contributed by atoms with Crippen molar-refractivity contribution in [2.24, 2.45) is 0 Å². The Bertz CT molecular complexity index is 584. The van der Waals surface area contributed by atoms with Crippen molar-refractivity contribution in [3.05, 3.63) is 17.5 Å². The van der Waals surface area contributed by atoms with Gasteiger partial charge < -0.3 is 10.2 Å². The number of nitrogens with one attached hydrogen (secondary N) is 1. The fourth-order valence-electron chi connectivity index (χ4n) is 2.26. The molecule has 1 aliphatic heterocycles. The van der Waals surface area contributed by atoms with Gasteiger partial charge in [0.15, 0.2) is 9.84 Å². The molecule has 2 aliphatic rings. The van der Waals surface area contributed by atoms with Gasteiger partial charge in [0.05, 0.1) is 11.5 Å². The topological polar surface area (TPSA) is 75.2 Å². The predicted octanol–water partition coefficient (Wildman–Crippen LogP) is 0.272. The molecule has 0 aromatic carbocycles. The molecule has 1 saturated carbocycles. The summed E-state index contributed by atoms with van der Waals surface area (Å²) in [5, 5.41) is 3.45. The third-order valence-electron chi connectivity index (χ3n) is 3.85. The molecule has 0 unspecified atom stereocenters. The normalized spacial score (nSPS) is 21.9. The zero-order valence-corrected chi connectivity index (χ0v) is 12.5. The van der Waals surface area contributed by atoms with Crippen LogP contribution in [0.15, 0.2) is 6.20 Å². The van der Waals surface area contributed by atoms with Crippen LogP contribution in [0.4, 0.5) is 5.95 Å². The molecule has 0 bridgehead atoms. The van der Waals surface area contributed by atoms with E-state index in [0.29, 0.717) is 25.1 Å². The highest BCUT2D eigenvalue weighted by atomic mass is 32.2. The van der Waals surface area contributed by atoms with Crippen LogP contribution in [-0.4, -0.2) is 49.0 Å². The van der Waals surface area contributed by atoms with Crippen LogP contribution < -0.4 is 10.2 Å². The first-order valence-corrected chi connectivity index (χ1v) is 8.87. The van der Waals surface area contributed by atoms with Gasteiger partial charge in [-0.15, -0.1) is 0 Å². The highest BCUT2D eigenvalue weighted by Gasteiger charge is 2.24. The highest BCUT2D eigenvalue weighted by Crippen LogP contribution is 2.20. The molecular weight excluding hydrogens is 276 g/mol. The molecule has 20 heavy (non-hydrogen) atoms. The Hall–Kier alpha value is -1.21. The number of rotatable bonds is 4. The summed E-state index contributed by atoms with van der Waals surface area (Å²) in [5.74, 6) is 1.04. The van der Waals surface area contributed by atoms with Crippen LogP contribution in [0.5, 0.6) is 0 Å². The summed E-state index contributed by atoms with van der Waals surface area (Å²) in [7, 11) is -2.86. The lowest BCUT2D eigenvalue weighted by Crippen LogP contribution is -2.41. The van der Waals surface area contributed by atoms with E-state index in [2.05, 4.69) is 15.3 Å². The standard InChI is InChI=1S/C13H20N4O2S/c1-10-11(8-14-12-2-3-12)9-15-13(16-10)17-4-6-20(18,19)7-5-17/h9,12,14H,2-8H2,1H3. The third-order valence-corrected chi connectivity index (χ3v) is 5.46. The van der Waals surface area contributed by atoms with Gasteiger partial charge in [0, 0.05) is 43.1 Å². The Kier molecular flexibility index (Phi) is 3.64. The molecule has 7 heteroatoms. The molecule has 0 amide bonds. The van der Waals surface area contributed by atoms with Crippen LogP contribution in [0.3, 0.4) is 0 Å². The molecule has 1 aromatic heterocycles. The molecule has 6 nitrogen and oxygen atoms in total. The van der Waals surface area contributed by atoms with Gasteiger partial charge in [0.25, 0.3) is 0 Å². The highest BCUT2D eigenvalue weighted by molar-refractivity contribution is 7.91. The average Bonchev–Trinajstić information content (AvgIpc) is 3.21. The van der Waals surface area contributed by atoms with Gasteiger partial charge in [0.2, 0.25) is 5.95 Å². The molecule has 1 N–H and O–H groups in total. The summed E-state index contributed by atoms with van der Waals surface area (Å²) >= 11 is 0. The number of hydrogen-bond donors (Lipinski definition) is 1. The molecule has 0 radical (unpaired) electrons. The Morgan fingerprint density at radius 2 is 2.05 bits per heavy atom. The summed E-state index contributed by atoms with van der Waals surface area (Å²) < 4.78 is 22.9. The minimum atomic E-state index is -2.86. The number of hydrogen-bond acceptors (Lipinski definition) is 6. The molecule has 1 aliphatic carbocycles. The van der Waals surface area contributed by atoms with E-state index < -0.39 is 9.84 Å². The Balaban J connectivity index is 1.66. The predicted molar refractivity (Wildman–Crippen MR) is 77.5 cm³/mol. The monoisotopic (exact) mass is 296 g/mol. The van der Waals surface area contributed by atoms with Crippen LogP contribution in [0.2, 0.25) is 0 Å². The van der Waals surface area contributed by atoms with E-state index in [0.717, 1.165) is 17.8 Å². The van der Waals surface area contributed by atoms with Gasteiger partial charge >= 0.3 is 0 Å². The molecule has 2 fully saturated rings. The van der Waals surface area contributed by atoms with E-state index in [1.54, 1.807) is 0 Å². The number of aromatic nitrogens is 2. The first kappa shape index (κ1) is 13.8. The lowest BCUT2D eigenvalue weighted by molar-refractivity contribution is 0.585. The van der Waals surface area contributed by atoms with Crippen molar-refractivity contribution in [1.82, 2.24) is 15.3 Å². The fourth-order valence-corrected chi connectivity index (χ4v) is 3.46. The summed E-state index contributed by atoms with van der Waals surface area (Å²) in [6, 6.07) is 0.668. The van der Waals surface area contributed by atoms with E-state index in [1.807, 2.05) is 18.0 Å². The van der Waals surface area contributed by atoms with E-state index in [4.69, 9.17) is 0 Å². The second kappa shape index (κ2) is 5.29. The lowest BCUT2D eigenvalue weighted by atomic mass is 10.2. The molecular formula is C13H20N4O2S. The van der Waals surface area contributed by atoms with E-state index >= 15 is 0 Å².